The molecule has 1 heterocycles. The second-order valence-electron chi connectivity index (χ2n) is 4.11. The number of halogens is 1. The molecular weight excluding hydrogens is 223 g/mol. The van der Waals surface area contributed by atoms with E-state index in [1.807, 2.05) is 0 Å². The van der Waals surface area contributed by atoms with Crippen LogP contribution in [0.1, 0.15) is 11.5 Å². The Bertz CT molecular complexity index is 388. The minimum absolute atomic E-state index is 0.0546. The van der Waals surface area contributed by atoms with Gasteiger partial charge in [-0.1, -0.05) is 12.1 Å². The number of nitrogens with one attached hydrogen (secondary N) is 1. The average molecular weight is 238 g/mol. The Morgan fingerprint density at radius 2 is 2.06 bits per heavy atom. The first-order chi connectivity index (χ1) is 8.20. The molecule has 0 atom stereocenters. The van der Waals surface area contributed by atoms with Crippen LogP contribution in [0, 0.1) is 5.82 Å². The van der Waals surface area contributed by atoms with Crippen LogP contribution >= 0.6 is 0 Å². The number of rotatable bonds is 3. The van der Waals surface area contributed by atoms with Crippen LogP contribution in [0.3, 0.4) is 0 Å². The smallest absolute Gasteiger partial charge is 0.317 e. The van der Waals surface area contributed by atoms with Crippen molar-refractivity contribution in [3.63, 3.8) is 0 Å². The molecule has 1 aromatic rings. The van der Waals surface area contributed by atoms with Gasteiger partial charge in [0.15, 0.2) is 0 Å². The molecule has 0 unspecified atom stereocenters. The largest absolute Gasteiger partial charge is 0.395 e. The Kier molecular flexibility index (Phi) is 3.58. The minimum atomic E-state index is -0.245. The van der Waals surface area contributed by atoms with E-state index in [-0.39, 0.29) is 30.9 Å². The number of hydrogen-bond acceptors (Lipinski definition) is 2. The van der Waals surface area contributed by atoms with E-state index in [0.29, 0.717) is 13.1 Å². The summed E-state index contributed by atoms with van der Waals surface area (Å²) in [5.41, 5.74) is 1.05. The summed E-state index contributed by atoms with van der Waals surface area (Å²) in [4.78, 5) is 13.1. The summed E-state index contributed by atoms with van der Waals surface area (Å²) >= 11 is 0. The highest BCUT2D eigenvalue weighted by Gasteiger charge is 2.31. The Labute approximate surface area is 99.0 Å². The highest BCUT2D eigenvalue weighted by Crippen LogP contribution is 2.26. The lowest BCUT2D eigenvalue weighted by molar-refractivity contribution is 0.149. The topological polar surface area (TPSA) is 52.6 Å². The van der Waals surface area contributed by atoms with Crippen LogP contribution in [0.5, 0.6) is 0 Å². The van der Waals surface area contributed by atoms with Gasteiger partial charge in [-0.2, -0.15) is 0 Å². The summed E-state index contributed by atoms with van der Waals surface area (Å²) in [5.74, 6) is 0.0427. The molecule has 5 heteroatoms. The normalized spacial score (nSPS) is 15.5. The van der Waals surface area contributed by atoms with E-state index in [4.69, 9.17) is 5.11 Å². The van der Waals surface area contributed by atoms with Crippen molar-refractivity contribution in [1.82, 2.24) is 10.2 Å². The first-order valence-electron chi connectivity index (χ1n) is 5.60. The Hall–Kier alpha value is -1.62. The van der Waals surface area contributed by atoms with Gasteiger partial charge in [-0.3, -0.25) is 0 Å². The van der Waals surface area contributed by atoms with Crippen molar-refractivity contribution in [2.75, 3.05) is 26.2 Å². The molecule has 1 saturated heterocycles. The summed E-state index contributed by atoms with van der Waals surface area (Å²) in [6.45, 7) is 1.50. The summed E-state index contributed by atoms with van der Waals surface area (Å²) in [6.07, 6.45) is 0. The van der Waals surface area contributed by atoms with E-state index >= 15 is 0 Å². The number of hydrogen-bond donors (Lipinski definition) is 2. The van der Waals surface area contributed by atoms with Crippen LogP contribution in [0.15, 0.2) is 24.3 Å². The molecule has 0 aliphatic carbocycles. The van der Waals surface area contributed by atoms with Gasteiger partial charge >= 0.3 is 6.03 Å². The third-order valence-corrected chi connectivity index (χ3v) is 2.90. The van der Waals surface area contributed by atoms with Crippen LogP contribution in [0.4, 0.5) is 9.18 Å². The second-order valence-corrected chi connectivity index (χ2v) is 4.11. The molecule has 17 heavy (non-hydrogen) atoms. The van der Waals surface area contributed by atoms with Gasteiger partial charge in [-0.15, -0.1) is 0 Å². The quantitative estimate of drug-likeness (QED) is 0.823. The van der Waals surface area contributed by atoms with Crippen molar-refractivity contribution in [3.8, 4) is 0 Å². The fourth-order valence-electron chi connectivity index (χ4n) is 1.86. The zero-order valence-electron chi connectivity index (χ0n) is 9.40. The molecule has 2 N–H and O–H groups in total. The van der Waals surface area contributed by atoms with Crippen LogP contribution in [0.2, 0.25) is 0 Å². The van der Waals surface area contributed by atoms with Crippen LogP contribution in [-0.2, 0) is 0 Å². The molecule has 1 aliphatic heterocycles. The molecule has 2 rings (SSSR count). The molecule has 0 radical (unpaired) electrons. The summed E-state index contributed by atoms with van der Waals surface area (Å²) in [6, 6.07) is 6.22. The number of benzene rings is 1. The number of carbonyl (C=O) groups is 1. The summed E-state index contributed by atoms with van der Waals surface area (Å²) < 4.78 is 12.7. The maximum absolute atomic E-state index is 12.7. The van der Waals surface area contributed by atoms with Crippen LogP contribution < -0.4 is 5.32 Å². The minimum Gasteiger partial charge on any atom is -0.395 e. The molecule has 92 valence electrons. The maximum Gasteiger partial charge on any atom is 0.317 e. The van der Waals surface area contributed by atoms with Gasteiger partial charge in [0.1, 0.15) is 5.82 Å². The third kappa shape index (κ3) is 2.74. The Balaban J connectivity index is 1.82. The van der Waals surface area contributed by atoms with Gasteiger partial charge in [-0.25, -0.2) is 9.18 Å². The molecular formula is C12H15FN2O2. The van der Waals surface area contributed by atoms with Gasteiger partial charge in [0.25, 0.3) is 0 Å². The summed E-state index contributed by atoms with van der Waals surface area (Å²) in [5, 5.41) is 11.2. The molecule has 0 bridgehead atoms. The molecule has 1 aliphatic rings. The number of aliphatic hydroxyl groups excluding tert-OH is 1. The molecule has 2 amide bonds. The molecule has 1 fully saturated rings. The van der Waals surface area contributed by atoms with Crippen molar-refractivity contribution >= 4 is 6.03 Å². The SMILES string of the molecule is O=C(NCCO)N1CC(c2ccc(F)cc2)C1. The number of amides is 2. The number of likely N-dealkylation sites (tertiary alicyclic amines) is 1. The maximum atomic E-state index is 12.7. The van der Waals surface area contributed by atoms with Crippen molar-refractivity contribution < 1.29 is 14.3 Å². The van der Waals surface area contributed by atoms with Crippen molar-refractivity contribution in [2.45, 2.75) is 5.92 Å². The zero-order chi connectivity index (χ0) is 12.3. The lowest BCUT2D eigenvalue weighted by atomic mass is 9.92. The average Bonchev–Trinajstić information content (AvgIpc) is 2.27. The van der Waals surface area contributed by atoms with Crippen molar-refractivity contribution in [2.24, 2.45) is 0 Å². The predicted molar refractivity (Wildman–Crippen MR) is 61.2 cm³/mol. The van der Waals surface area contributed by atoms with Gasteiger partial charge in [-0.05, 0) is 17.7 Å². The molecule has 4 nitrogen and oxygen atoms in total. The fourth-order valence-corrected chi connectivity index (χ4v) is 1.86. The van der Waals surface area contributed by atoms with E-state index in [0.717, 1.165) is 5.56 Å². The molecule has 0 spiro atoms. The van der Waals surface area contributed by atoms with E-state index in [1.165, 1.54) is 12.1 Å². The van der Waals surface area contributed by atoms with Gasteiger partial charge in [0, 0.05) is 25.6 Å². The number of aliphatic hydroxyl groups is 1. The van der Waals surface area contributed by atoms with E-state index in [9.17, 15) is 9.18 Å². The van der Waals surface area contributed by atoms with Crippen LogP contribution in [-0.4, -0.2) is 42.3 Å². The first-order valence-corrected chi connectivity index (χ1v) is 5.60. The fraction of sp³-hybridized carbons (Fsp3) is 0.417. The Morgan fingerprint density at radius 3 is 2.65 bits per heavy atom. The molecule has 0 aromatic heterocycles. The van der Waals surface area contributed by atoms with Crippen molar-refractivity contribution in [3.05, 3.63) is 35.6 Å². The third-order valence-electron chi connectivity index (χ3n) is 2.90. The van der Waals surface area contributed by atoms with Gasteiger partial charge < -0.3 is 15.3 Å². The number of carbonyl (C=O) groups excluding carboxylic acids is 1. The second kappa shape index (κ2) is 5.14. The predicted octanol–water partition coefficient (Wildman–Crippen LogP) is 0.927. The zero-order valence-corrected chi connectivity index (χ0v) is 9.40. The number of nitrogens with zero attached hydrogens (tertiary/aromatic N) is 1. The standard InChI is InChI=1S/C12H15FN2O2/c13-11-3-1-9(2-4-11)10-7-15(8-10)12(17)14-5-6-16/h1-4,10,16H,5-8H2,(H,14,17). The number of urea groups is 1. The highest BCUT2D eigenvalue weighted by atomic mass is 19.1. The van der Waals surface area contributed by atoms with E-state index in [1.54, 1.807) is 17.0 Å². The highest BCUT2D eigenvalue weighted by molar-refractivity contribution is 5.75. The van der Waals surface area contributed by atoms with Gasteiger partial charge in [0.2, 0.25) is 0 Å². The summed E-state index contributed by atoms with van der Waals surface area (Å²) in [7, 11) is 0. The van der Waals surface area contributed by atoms with E-state index < -0.39 is 0 Å². The molecule has 0 saturated carbocycles. The molecule has 1 aromatic carbocycles. The van der Waals surface area contributed by atoms with E-state index in [2.05, 4.69) is 5.32 Å². The lowest BCUT2D eigenvalue weighted by Gasteiger charge is -2.39. The Morgan fingerprint density at radius 1 is 1.41 bits per heavy atom. The van der Waals surface area contributed by atoms with Crippen LogP contribution in [0.25, 0.3) is 0 Å². The van der Waals surface area contributed by atoms with Gasteiger partial charge in [0.05, 0.1) is 6.61 Å². The monoisotopic (exact) mass is 238 g/mol. The van der Waals surface area contributed by atoms with Crippen molar-refractivity contribution in [1.29, 1.82) is 0 Å². The lowest BCUT2D eigenvalue weighted by Crippen LogP contribution is -2.52. The first kappa shape index (κ1) is 11.9.